The molecule has 2 rings (SSSR count). The van der Waals surface area contributed by atoms with Gasteiger partial charge in [-0.1, -0.05) is 23.7 Å². The summed E-state index contributed by atoms with van der Waals surface area (Å²) in [5.74, 6) is -0.878. The number of halogens is 2. The Bertz CT molecular complexity index is 743. The first kappa shape index (κ1) is 14.6. The van der Waals surface area contributed by atoms with E-state index in [-0.39, 0.29) is 16.4 Å². The molecule has 3 N–H and O–H groups in total. The predicted octanol–water partition coefficient (Wildman–Crippen LogP) is 3.17. The van der Waals surface area contributed by atoms with Crippen LogP contribution in [0.3, 0.4) is 0 Å². The number of aryl methyl sites for hydroxylation is 1. The molecule has 0 saturated heterocycles. The van der Waals surface area contributed by atoms with Crippen LogP contribution in [-0.4, -0.2) is 8.42 Å². The maximum Gasteiger partial charge on any atom is 0.264 e. The van der Waals surface area contributed by atoms with Crippen molar-refractivity contribution in [3.63, 3.8) is 0 Å². The molecule has 0 aliphatic heterocycles. The molecule has 0 amide bonds. The van der Waals surface area contributed by atoms with Crippen molar-refractivity contribution in [3.05, 3.63) is 52.8 Å². The van der Waals surface area contributed by atoms with E-state index in [9.17, 15) is 12.8 Å². The molecule has 0 aliphatic rings. The van der Waals surface area contributed by atoms with E-state index in [2.05, 4.69) is 4.72 Å². The van der Waals surface area contributed by atoms with Crippen LogP contribution in [0.2, 0.25) is 5.02 Å². The summed E-state index contributed by atoms with van der Waals surface area (Å²) >= 11 is 5.95. The van der Waals surface area contributed by atoms with Crippen LogP contribution in [0.5, 0.6) is 0 Å². The van der Waals surface area contributed by atoms with Gasteiger partial charge in [-0.25, -0.2) is 12.8 Å². The van der Waals surface area contributed by atoms with E-state index in [4.69, 9.17) is 17.3 Å². The summed E-state index contributed by atoms with van der Waals surface area (Å²) < 4.78 is 40.4. The normalized spacial score (nSPS) is 11.3. The first-order valence-electron chi connectivity index (χ1n) is 5.64. The molecule has 0 radical (unpaired) electrons. The van der Waals surface area contributed by atoms with E-state index in [1.54, 1.807) is 25.1 Å². The van der Waals surface area contributed by atoms with E-state index in [1.807, 2.05) is 0 Å². The van der Waals surface area contributed by atoms with Gasteiger partial charge in [-0.15, -0.1) is 0 Å². The average Bonchev–Trinajstić information content (AvgIpc) is 2.37. The van der Waals surface area contributed by atoms with Crippen LogP contribution in [-0.2, 0) is 10.0 Å². The zero-order valence-electron chi connectivity index (χ0n) is 10.5. The fourth-order valence-electron chi connectivity index (χ4n) is 1.68. The zero-order chi connectivity index (χ0) is 14.9. The minimum atomic E-state index is -4.10. The first-order chi connectivity index (χ1) is 9.31. The molecule has 4 nitrogen and oxygen atoms in total. The summed E-state index contributed by atoms with van der Waals surface area (Å²) in [6.45, 7) is 1.69. The monoisotopic (exact) mass is 314 g/mol. The van der Waals surface area contributed by atoms with Gasteiger partial charge in [0.25, 0.3) is 10.0 Å². The fraction of sp³-hybridized carbons (Fsp3) is 0.0769. The van der Waals surface area contributed by atoms with Crippen molar-refractivity contribution >= 4 is 33.0 Å². The molecule has 2 aromatic carbocycles. The minimum absolute atomic E-state index is 0.155. The molecular formula is C13H12ClFN2O2S. The van der Waals surface area contributed by atoms with Crippen molar-refractivity contribution in [2.75, 3.05) is 10.5 Å². The highest BCUT2D eigenvalue weighted by atomic mass is 35.5. The molecule has 7 heteroatoms. The molecule has 0 heterocycles. The maximum absolute atomic E-state index is 13.7. The van der Waals surface area contributed by atoms with Gasteiger partial charge in [-0.3, -0.25) is 4.72 Å². The Morgan fingerprint density at radius 1 is 1.25 bits per heavy atom. The second kappa shape index (κ2) is 5.30. The number of benzene rings is 2. The lowest BCUT2D eigenvalue weighted by molar-refractivity contribution is 0.570. The Hall–Kier alpha value is -1.79. The largest absolute Gasteiger partial charge is 0.399 e. The number of hydrogen-bond acceptors (Lipinski definition) is 3. The molecule has 0 unspecified atom stereocenters. The number of nitrogens with one attached hydrogen (secondary N) is 1. The summed E-state index contributed by atoms with van der Waals surface area (Å²) in [5, 5.41) is 0.234. The van der Waals surface area contributed by atoms with Crippen molar-refractivity contribution in [1.82, 2.24) is 0 Å². The third-order valence-electron chi connectivity index (χ3n) is 2.70. The number of nitrogens with two attached hydrogens (primary N) is 1. The summed E-state index contributed by atoms with van der Waals surface area (Å²) in [6, 6.07) is 8.28. The lowest BCUT2D eigenvalue weighted by Gasteiger charge is -2.13. The van der Waals surface area contributed by atoms with E-state index in [0.29, 0.717) is 5.56 Å². The van der Waals surface area contributed by atoms with Gasteiger partial charge in [0.15, 0.2) is 0 Å². The van der Waals surface area contributed by atoms with E-state index < -0.39 is 20.7 Å². The predicted molar refractivity (Wildman–Crippen MR) is 77.8 cm³/mol. The molecule has 20 heavy (non-hydrogen) atoms. The molecule has 0 atom stereocenters. The van der Waals surface area contributed by atoms with Crippen LogP contribution < -0.4 is 10.5 Å². The van der Waals surface area contributed by atoms with Gasteiger partial charge in [0.1, 0.15) is 10.7 Å². The molecule has 0 spiro atoms. The van der Waals surface area contributed by atoms with Gasteiger partial charge in [0.2, 0.25) is 0 Å². The van der Waals surface area contributed by atoms with Gasteiger partial charge in [-0.05, 0) is 36.8 Å². The molecule has 106 valence electrons. The number of sulfonamides is 1. The lowest BCUT2D eigenvalue weighted by Crippen LogP contribution is -2.16. The Morgan fingerprint density at radius 3 is 2.60 bits per heavy atom. The second-order valence-corrected chi connectivity index (χ2v) is 6.29. The summed E-state index contributed by atoms with van der Waals surface area (Å²) in [4.78, 5) is -0.517. The van der Waals surface area contributed by atoms with E-state index in [1.165, 1.54) is 6.07 Å². The molecule has 0 saturated carbocycles. The van der Waals surface area contributed by atoms with Gasteiger partial charge in [0.05, 0.1) is 10.7 Å². The van der Waals surface area contributed by atoms with Gasteiger partial charge in [0, 0.05) is 5.69 Å². The van der Waals surface area contributed by atoms with Gasteiger partial charge >= 0.3 is 0 Å². The quantitative estimate of drug-likeness (QED) is 0.855. The topological polar surface area (TPSA) is 72.2 Å². The summed E-state index contributed by atoms with van der Waals surface area (Å²) in [5.41, 5.74) is 6.50. The second-order valence-electron chi connectivity index (χ2n) is 4.23. The van der Waals surface area contributed by atoms with Crippen LogP contribution in [0, 0.1) is 12.7 Å². The average molecular weight is 315 g/mol. The number of nitrogen functional groups attached to an aromatic ring is 1. The number of hydrogen-bond donors (Lipinski definition) is 2. The Morgan fingerprint density at radius 2 is 1.95 bits per heavy atom. The number of anilines is 2. The van der Waals surface area contributed by atoms with Crippen molar-refractivity contribution < 1.29 is 12.8 Å². The highest BCUT2D eigenvalue weighted by Crippen LogP contribution is 2.29. The molecule has 2 aromatic rings. The number of rotatable bonds is 3. The Labute approximate surface area is 121 Å². The lowest BCUT2D eigenvalue weighted by atomic mass is 10.2. The highest BCUT2D eigenvalue weighted by molar-refractivity contribution is 7.92. The third kappa shape index (κ3) is 2.86. The van der Waals surface area contributed by atoms with Crippen molar-refractivity contribution in [2.24, 2.45) is 0 Å². The van der Waals surface area contributed by atoms with Crippen molar-refractivity contribution in [1.29, 1.82) is 0 Å². The van der Waals surface area contributed by atoms with Gasteiger partial charge < -0.3 is 5.73 Å². The molecular weight excluding hydrogens is 303 g/mol. The van der Waals surface area contributed by atoms with Crippen LogP contribution in [0.25, 0.3) is 0 Å². The fourth-order valence-corrected chi connectivity index (χ4v) is 3.27. The maximum atomic E-state index is 13.7. The Balaban J connectivity index is 2.49. The first-order valence-corrected chi connectivity index (χ1v) is 7.50. The molecule has 0 aromatic heterocycles. The summed E-state index contributed by atoms with van der Waals surface area (Å²) in [7, 11) is -4.10. The minimum Gasteiger partial charge on any atom is -0.399 e. The van der Waals surface area contributed by atoms with Crippen LogP contribution in [0.1, 0.15) is 5.56 Å². The SMILES string of the molecule is Cc1cccc(Cl)c1NS(=O)(=O)c1cc(N)ccc1F. The Kier molecular flexibility index (Phi) is 3.87. The van der Waals surface area contributed by atoms with Crippen LogP contribution in [0.4, 0.5) is 15.8 Å². The third-order valence-corrected chi connectivity index (χ3v) is 4.38. The van der Waals surface area contributed by atoms with Crippen LogP contribution >= 0.6 is 11.6 Å². The number of para-hydroxylation sites is 1. The van der Waals surface area contributed by atoms with Gasteiger partial charge in [-0.2, -0.15) is 0 Å². The highest BCUT2D eigenvalue weighted by Gasteiger charge is 2.21. The van der Waals surface area contributed by atoms with Crippen molar-refractivity contribution in [3.8, 4) is 0 Å². The zero-order valence-corrected chi connectivity index (χ0v) is 12.1. The molecule has 0 bridgehead atoms. The molecule has 0 aliphatic carbocycles. The van der Waals surface area contributed by atoms with Crippen molar-refractivity contribution in [2.45, 2.75) is 11.8 Å². The van der Waals surface area contributed by atoms with E-state index >= 15 is 0 Å². The summed E-state index contributed by atoms with van der Waals surface area (Å²) in [6.07, 6.45) is 0. The smallest absolute Gasteiger partial charge is 0.264 e. The van der Waals surface area contributed by atoms with E-state index in [0.717, 1.165) is 12.1 Å². The van der Waals surface area contributed by atoms with Crippen LogP contribution in [0.15, 0.2) is 41.3 Å². The standard InChI is InChI=1S/C13H12ClFN2O2S/c1-8-3-2-4-10(14)13(8)17-20(18,19)12-7-9(16)5-6-11(12)15/h2-7,17H,16H2,1H3. The molecule has 0 fully saturated rings.